The van der Waals surface area contributed by atoms with E-state index in [9.17, 15) is 9.59 Å². The molecule has 0 aromatic heterocycles. The fourth-order valence-electron chi connectivity index (χ4n) is 1.01. The summed E-state index contributed by atoms with van der Waals surface area (Å²) >= 11 is 4.09. The summed E-state index contributed by atoms with van der Waals surface area (Å²) in [6.07, 6.45) is 7.84. The number of hydrogen-bond donors (Lipinski definition) is 0. The number of rotatable bonds is 3. The number of carbonyl (C=O) groups is 2. The quantitative estimate of drug-likeness (QED) is 0.395. The molecule has 1 aliphatic heterocycles. The molecule has 0 bridgehead atoms. The van der Waals surface area contributed by atoms with Gasteiger partial charge in [-0.05, 0) is 10.2 Å². The van der Waals surface area contributed by atoms with Gasteiger partial charge < -0.3 is 0 Å². The second-order valence-electron chi connectivity index (χ2n) is 2.56. The van der Waals surface area contributed by atoms with Gasteiger partial charge in [0.1, 0.15) is 0 Å². The molecule has 5 heteroatoms. The highest BCUT2D eigenvalue weighted by molar-refractivity contribution is 14.1. The Kier molecular flexibility index (Phi) is 5.23. The molecule has 1 aliphatic rings. The molecule has 15 heavy (non-hydrogen) atoms. The molecule has 0 aromatic rings. The van der Waals surface area contributed by atoms with Gasteiger partial charge in [-0.15, -0.1) is 0 Å². The first-order valence-corrected chi connectivity index (χ1v) is 6.49. The van der Waals surface area contributed by atoms with Gasteiger partial charge in [0.15, 0.2) is 0 Å². The van der Waals surface area contributed by atoms with Crippen LogP contribution >= 0.6 is 45.2 Å². The summed E-state index contributed by atoms with van der Waals surface area (Å²) in [6, 6.07) is 0. The number of hydrogen-bond acceptors (Lipinski definition) is 2. The third-order valence-electron chi connectivity index (χ3n) is 1.63. The standard InChI is InChI=1S/C10H7I2NO2/c11-6-2-1-3-8(7-12)13-9(14)4-5-10(13)15/h1-7H/b3-1-,6-2+,8-7+. The molecule has 0 atom stereocenters. The van der Waals surface area contributed by atoms with E-state index >= 15 is 0 Å². The van der Waals surface area contributed by atoms with Crippen molar-refractivity contribution in [3.05, 3.63) is 44.2 Å². The number of carbonyl (C=O) groups excluding carboxylic acids is 2. The molecule has 0 N–H and O–H groups in total. The van der Waals surface area contributed by atoms with E-state index < -0.39 is 0 Å². The average molecular weight is 427 g/mol. The Hall–Kier alpha value is -0.440. The summed E-state index contributed by atoms with van der Waals surface area (Å²) in [6.45, 7) is 0. The third-order valence-corrected chi connectivity index (χ3v) is 2.68. The predicted octanol–water partition coefficient (Wildman–Crippen LogP) is 2.69. The maximum Gasteiger partial charge on any atom is 0.258 e. The summed E-state index contributed by atoms with van der Waals surface area (Å²) in [7, 11) is 0. The van der Waals surface area contributed by atoms with Gasteiger partial charge in [0.2, 0.25) is 0 Å². The molecule has 0 aliphatic carbocycles. The van der Waals surface area contributed by atoms with Crippen molar-refractivity contribution in [3.8, 4) is 0 Å². The van der Waals surface area contributed by atoms with Crippen LogP contribution in [0.1, 0.15) is 0 Å². The van der Waals surface area contributed by atoms with Crippen LogP contribution in [0.2, 0.25) is 0 Å². The lowest BCUT2D eigenvalue weighted by Gasteiger charge is -2.13. The van der Waals surface area contributed by atoms with Crippen molar-refractivity contribution in [1.82, 2.24) is 4.90 Å². The Morgan fingerprint density at radius 2 is 1.73 bits per heavy atom. The van der Waals surface area contributed by atoms with E-state index in [1.165, 1.54) is 12.2 Å². The molecule has 2 amide bonds. The van der Waals surface area contributed by atoms with Crippen molar-refractivity contribution in [1.29, 1.82) is 0 Å². The van der Waals surface area contributed by atoms with E-state index in [2.05, 4.69) is 22.6 Å². The van der Waals surface area contributed by atoms with Gasteiger partial charge in [-0.2, -0.15) is 0 Å². The van der Waals surface area contributed by atoms with Crippen molar-refractivity contribution in [2.24, 2.45) is 0 Å². The Morgan fingerprint density at radius 1 is 1.13 bits per heavy atom. The molecule has 3 nitrogen and oxygen atoms in total. The van der Waals surface area contributed by atoms with Crippen LogP contribution in [0.4, 0.5) is 0 Å². The summed E-state index contributed by atoms with van der Waals surface area (Å²) in [5.74, 6) is -0.600. The van der Waals surface area contributed by atoms with Crippen molar-refractivity contribution in [2.45, 2.75) is 0 Å². The van der Waals surface area contributed by atoms with Gasteiger partial charge in [-0.1, -0.05) is 57.3 Å². The maximum absolute atomic E-state index is 11.3. The van der Waals surface area contributed by atoms with Gasteiger partial charge in [-0.25, -0.2) is 4.90 Å². The summed E-state index contributed by atoms with van der Waals surface area (Å²) < 4.78 is 3.53. The SMILES string of the molecule is O=C1C=CC(=O)N1C(/C=C\C=C\I)=C/I. The van der Waals surface area contributed by atoms with Crippen LogP contribution < -0.4 is 0 Å². The van der Waals surface area contributed by atoms with Crippen LogP contribution in [0.5, 0.6) is 0 Å². The number of allylic oxidation sites excluding steroid dienone is 3. The lowest BCUT2D eigenvalue weighted by atomic mass is 10.3. The predicted molar refractivity (Wildman–Crippen MR) is 75.4 cm³/mol. The van der Waals surface area contributed by atoms with Crippen LogP contribution in [-0.4, -0.2) is 16.7 Å². The second-order valence-corrected chi connectivity index (χ2v) is 3.90. The number of imide groups is 1. The van der Waals surface area contributed by atoms with Crippen LogP contribution in [0.3, 0.4) is 0 Å². The van der Waals surface area contributed by atoms with Crippen LogP contribution in [0.15, 0.2) is 44.2 Å². The zero-order chi connectivity index (χ0) is 11.3. The van der Waals surface area contributed by atoms with Crippen LogP contribution in [0, 0.1) is 0 Å². The first-order valence-electron chi connectivity index (χ1n) is 4.00. The molecule has 78 valence electrons. The monoisotopic (exact) mass is 427 g/mol. The smallest absolute Gasteiger partial charge is 0.258 e. The molecule has 0 saturated carbocycles. The molecule has 1 heterocycles. The minimum atomic E-state index is -0.300. The molecule has 0 spiro atoms. The maximum atomic E-state index is 11.3. The van der Waals surface area contributed by atoms with Crippen molar-refractivity contribution in [3.63, 3.8) is 0 Å². The lowest BCUT2D eigenvalue weighted by Crippen LogP contribution is -2.28. The first kappa shape index (κ1) is 12.6. The van der Waals surface area contributed by atoms with E-state index in [1.807, 2.05) is 32.7 Å². The highest BCUT2D eigenvalue weighted by Crippen LogP contribution is 2.15. The van der Waals surface area contributed by atoms with Gasteiger partial charge in [0.05, 0.1) is 5.70 Å². The highest BCUT2D eigenvalue weighted by Gasteiger charge is 2.25. The minimum Gasteiger partial charge on any atom is -0.269 e. The van der Waals surface area contributed by atoms with E-state index in [0.717, 1.165) is 4.90 Å². The van der Waals surface area contributed by atoms with Crippen LogP contribution in [0.25, 0.3) is 0 Å². The molecule has 0 radical (unpaired) electrons. The van der Waals surface area contributed by atoms with Gasteiger partial charge in [0.25, 0.3) is 11.8 Å². The molecule has 0 saturated heterocycles. The Bertz CT molecular complexity index is 376. The second kappa shape index (κ2) is 6.21. The summed E-state index contributed by atoms with van der Waals surface area (Å²) in [4.78, 5) is 23.8. The Morgan fingerprint density at radius 3 is 2.20 bits per heavy atom. The lowest BCUT2D eigenvalue weighted by molar-refractivity contribution is -0.134. The van der Waals surface area contributed by atoms with E-state index in [-0.39, 0.29) is 11.8 Å². The van der Waals surface area contributed by atoms with E-state index in [0.29, 0.717) is 5.70 Å². The fraction of sp³-hybridized carbons (Fsp3) is 0. The third kappa shape index (κ3) is 3.26. The minimum absolute atomic E-state index is 0.300. The largest absolute Gasteiger partial charge is 0.269 e. The Balaban J connectivity index is 2.85. The zero-order valence-corrected chi connectivity index (χ0v) is 11.9. The molecule has 0 unspecified atom stereocenters. The van der Waals surface area contributed by atoms with E-state index in [1.54, 1.807) is 16.2 Å². The zero-order valence-electron chi connectivity index (χ0n) is 7.56. The Labute approximate surface area is 115 Å². The molecule has 0 aromatic carbocycles. The van der Waals surface area contributed by atoms with Crippen molar-refractivity contribution >= 4 is 57.0 Å². The van der Waals surface area contributed by atoms with Gasteiger partial charge in [0, 0.05) is 16.2 Å². The number of amides is 2. The van der Waals surface area contributed by atoms with Gasteiger partial charge >= 0.3 is 0 Å². The van der Waals surface area contributed by atoms with Crippen LogP contribution in [-0.2, 0) is 9.59 Å². The highest BCUT2D eigenvalue weighted by atomic mass is 127. The molecule has 1 rings (SSSR count). The topological polar surface area (TPSA) is 37.4 Å². The molecule has 0 fully saturated rings. The van der Waals surface area contributed by atoms with E-state index in [4.69, 9.17) is 0 Å². The normalized spacial score (nSPS) is 17.7. The average Bonchev–Trinajstić information content (AvgIpc) is 2.55. The van der Waals surface area contributed by atoms with Gasteiger partial charge in [-0.3, -0.25) is 9.59 Å². The number of halogens is 2. The molecular weight excluding hydrogens is 420 g/mol. The first-order chi connectivity index (χ1) is 7.20. The fourth-order valence-corrected chi connectivity index (χ4v) is 1.74. The summed E-state index contributed by atoms with van der Waals surface area (Å²) in [5, 5.41) is 0. The summed E-state index contributed by atoms with van der Waals surface area (Å²) in [5.41, 5.74) is 0.574. The molecular formula is C10H7I2NO2. The van der Waals surface area contributed by atoms with Crippen molar-refractivity contribution < 1.29 is 9.59 Å². The van der Waals surface area contributed by atoms with Crippen molar-refractivity contribution in [2.75, 3.05) is 0 Å². The number of nitrogens with zero attached hydrogens (tertiary/aromatic N) is 1.